The summed E-state index contributed by atoms with van der Waals surface area (Å²) < 4.78 is 10.5. The molecule has 0 saturated carbocycles. The van der Waals surface area contributed by atoms with Gasteiger partial charge in [-0.1, -0.05) is 24.3 Å². The molecule has 4 nitrogen and oxygen atoms in total. The molecule has 2 aliphatic heterocycles. The van der Waals surface area contributed by atoms with Crippen LogP contribution in [0.3, 0.4) is 0 Å². The molecular formula is C24H32N2O2. The molecule has 0 atom stereocenters. The maximum atomic E-state index is 5.27. The number of rotatable bonds is 6. The van der Waals surface area contributed by atoms with Gasteiger partial charge in [-0.05, 0) is 79.7 Å². The molecular weight excluding hydrogens is 348 g/mol. The van der Waals surface area contributed by atoms with E-state index in [4.69, 9.17) is 9.47 Å². The summed E-state index contributed by atoms with van der Waals surface area (Å²) in [5.41, 5.74) is 3.29. The predicted molar refractivity (Wildman–Crippen MR) is 113 cm³/mol. The second-order valence-corrected chi connectivity index (χ2v) is 8.43. The molecule has 0 aromatic heterocycles. The first-order chi connectivity index (χ1) is 13.7. The van der Waals surface area contributed by atoms with Crippen molar-refractivity contribution in [1.29, 1.82) is 0 Å². The van der Waals surface area contributed by atoms with Gasteiger partial charge >= 0.3 is 0 Å². The Balaban J connectivity index is 1.26. The van der Waals surface area contributed by atoms with Crippen LogP contribution in [-0.4, -0.2) is 50.2 Å². The number of piperidine rings is 1. The molecule has 2 aliphatic rings. The first-order valence-electron chi connectivity index (χ1n) is 10.4. The fourth-order valence-electron chi connectivity index (χ4n) is 4.73. The minimum atomic E-state index is 0.531. The summed E-state index contributed by atoms with van der Waals surface area (Å²) in [6.07, 6.45) is 3.99. The van der Waals surface area contributed by atoms with Crippen LogP contribution in [0.4, 0.5) is 0 Å². The first kappa shape index (κ1) is 19.3. The van der Waals surface area contributed by atoms with Crippen LogP contribution in [-0.2, 0) is 13.1 Å². The third kappa shape index (κ3) is 4.50. The number of hydrogen-bond donors (Lipinski definition) is 0. The Labute approximate surface area is 169 Å². The van der Waals surface area contributed by atoms with Crippen molar-refractivity contribution in [1.82, 2.24) is 9.80 Å². The molecule has 2 saturated heterocycles. The van der Waals surface area contributed by atoms with Gasteiger partial charge in [0.15, 0.2) is 0 Å². The van der Waals surface area contributed by atoms with Crippen molar-refractivity contribution in [3.8, 4) is 11.5 Å². The average molecular weight is 381 g/mol. The number of nitrogens with zero attached hydrogens (tertiary/aromatic N) is 2. The van der Waals surface area contributed by atoms with Crippen LogP contribution in [0.2, 0.25) is 0 Å². The molecule has 4 rings (SSSR count). The predicted octanol–water partition coefficient (Wildman–Crippen LogP) is 4.19. The third-order valence-corrected chi connectivity index (χ3v) is 6.56. The SMILES string of the molecule is COc1ccc(CN2CCC3(CC2)CCN(Cc2ccc(OC)cc2)C3)cc1. The second kappa shape index (κ2) is 8.54. The molecule has 2 fully saturated rings. The summed E-state index contributed by atoms with van der Waals surface area (Å²) in [4.78, 5) is 5.25. The summed E-state index contributed by atoms with van der Waals surface area (Å²) in [5, 5.41) is 0. The summed E-state index contributed by atoms with van der Waals surface area (Å²) in [5.74, 6) is 1.87. The monoisotopic (exact) mass is 380 g/mol. The summed E-state index contributed by atoms with van der Waals surface area (Å²) in [7, 11) is 3.44. The Kier molecular flexibility index (Phi) is 5.88. The number of methoxy groups -OCH3 is 2. The van der Waals surface area contributed by atoms with Gasteiger partial charge in [0.2, 0.25) is 0 Å². The van der Waals surface area contributed by atoms with Crippen LogP contribution in [0.1, 0.15) is 30.4 Å². The van der Waals surface area contributed by atoms with Gasteiger partial charge in [-0.3, -0.25) is 9.80 Å². The summed E-state index contributed by atoms with van der Waals surface area (Å²) in [6.45, 7) is 7.00. The number of ether oxygens (including phenoxy) is 2. The van der Waals surface area contributed by atoms with E-state index >= 15 is 0 Å². The van der Waals surface area contributed by atoms with Gasteiger partial charge in [0.1, 0.15) is 11.5 Å². The molecule has 0 aliphatic carbocycles. The van der Waals surface area contributed by atoms with E-state index in [1.807, 2.05) is 0 Å². The fourth-order valence-corrected chi connectivity index (χ4v) is 4.73. The van der Waals surface area contributed by atoms with Gasteiger partial charge in [0.25, 0.3) is 0 Å². The molecule has 150 valence electrons. The standard InChI is InChI=1S/C24H32N2O2/c1-27-22-7-3-20(4-8-22)17-25-14-11-24(12-15-25)13-16-26(19-24)18-21-5-9-23(28-2)10-6-21/h3-10H,11-19H2,1-2H3. The zero-order valence-corrected chi connectivity index (χ0v) is 17.2. The first-order valence-corrected chi connectivity index (χ1v) is 10.4. The van der Waals surface area contributed by atoms with Crippen molar-refractivity contribution in [2.45, 2.75) is 32.4 Å². The van der Waals surface area contributed by atoms with Crippen LogP contribution >= 0.6 is 0 Å². The van der Waals surface area contributed by atoms with Crippen molar-refractivity contribution in [3.63, 3.8) is 0 Å². The van der Waals surface area contributed by atoms with Crippen LogP contribution < -0.4 is 9.47 Å². The van der Waals surface area contributed by atoms with E-state index in [1.165, 1.54) is 56.6 Å². The smallest absolute Gasteiger partial charge is 0.118 e. The van der Waals surface area contributed by atoms with Gasteiger partial charge in [-0.2, -0.15) is 0 Å². The maximum Gasteiger partial charge on any atom is 0.118 e. The molecule has 4 heteroatoms. The lowest BCUT2D eigenvalue weighted by molar-refractivity contribution is 0.102. The minimum absolute atomic E-state index is 0.531. The highest BCUT2D eigenvalue weighted by Gasteiger charge is 2.40. The highest BCUT2D eigenvalue weighted by molar-refractivity contribution is 5.28. The van der Waals surface area contributed by atoms with Crippen molar-refractivity contribution >= 4 is 0 Å². The quantitative estimate of drug-likeness (QED) is 0.750. The normalized spacial score (nSPS) is 19.8. The minimum Gasteiger partial charge on any atom is -0.497 e. The molecule has 0 bridgehead atoms. The molecule has 0 N–H and O–H groups in total. The Morgan fingerprint density at radius 1 is 0.679 bits per heavy atom. The van der Waals surface area contributed by atoms with Crippen LogP contribution in [0, 0.1) is 5.41 Å². The van der Waals surface area contributed by atoms with E-state index in [2.05, 4.69) is 58.3 Å². The van der Waals surface area contributed by atoms with Crippen LogP contribution in [0.5, 0.6) is 11.5 Å². The lowest BCUT2D eigenvalue weighted by Crippen LogP contribution is -2.41. The topological polar surface area (TPSA) is 24.9 Å². The van der Waals surface area contributed by atoms with Crippen molar-refractivity contribution in [2.24, 2.45) is 5.41 Å². The van der Waals surface area contributed by atoms with Crippen molar-refractivity contribution < 1.29 is 9.47 Å². The average Bonchev–Trinajstić information content (AvgIpc) is 3.13. The molecule has 0 amide bonds. The zero-order valence-electron chi connectivity index (χ0n) is 17.2. The van der Waals surface area contributed by atoms with Gasteiger partial charge in [-0.25, -0.2) is 0 Å². The fraction of sp³-hybridized carbons (Fsp3) is 0.500. The van der Waals surface area contributed by atoms with Crippen LogP contribution in [0.25, 0.3) is 0 Å². The lowest BCUT2D eigenvalue weighted by atomic mass is 9.77. The van der Waals surface area contributed by atoms with E-state index in [9.17, 15) is 0 Å². The third-order valence-electron chi connectivity index (χ3n) is 6.56. The van der Waals surface area contributed by atoms with Gasteiger partial charge in [0, 0.05) is 19.6 Å². The Bertz CT molecular complexity index is 749. The molecule has 0 unspecified atom stereocenters. The number of benzene rings is 2. The van der Waals surface area contributed by atoms with Gasteiger partial charge < -0.3 is 9.47 Å². The Morgan fingerprint density at radius 3 is 1.57 bits per heavy atom. The summed E-state index contributed by atoms with van der Waals surface area (Å²) >= 11 is 0. The van der Waals surface area contributed by atoms with Crippen molar-refractivity contribution in [2.75, 3.05) is 40.4 Å². The van der Waals surface area contributed by atoms with Crippen LogP contribution in [0.15, 0.2) is 48.5 Å². The lowest BCUT2D eigenvalue weighted by Gasteiger charge is -2.39. The van der Waals surface area contributed by atoms with E-state index in [0.29, 0.717) is 5.41 Å². The van der Waals surface area contributed by atoms with Crippen molar-refractivity contribution in [3.05, 3.63) is 59.7 Å². The van der Waals surface area contributed by atoms with E-state index in [-0.39, 0.29) is 0 Å². The number of likely N-dealkylation sites (tertiary alicyclic amines) is 2. The molecule has 1 spiro atoms. The maximum absolute atomic E-state index is 5.27. The molecule has 2 aromatic carbocycles. The highest BCUT2D eigenvalue weighted by Crippen LogP contribution is 2.41. The number of hydrogen-bond acceptors (Lipinski definition) is 4. The van der Waals surface area contributed by atoms with Gasteiger partial charge in [0.05, 0.1) is 14.2 Å². The zero-order chi connectivity index (χ0) is 19.4. The van der Waals surface area contributed by atoms with E-state index in [1.54, 1.807) is 14.2 Å². The van der Waals surface area contributed by atoms with E-state index < -0.39 is 0 Å². The van der Waals surface area contributed by atoms with Gasteiger partial charge in [-0.15, -0.1) is 0 Å². The molecule has 0 radical (unpaired) electrons. The summed E-state index contributed by atoms with van der Waals surface area (Å²) in [6, 6.07) is 17.0. The largest absolute Gasteiger partial charge is 0.497 e. The highest BCUT2D eigenvalue weighted by atomic mass is 16.5. The molecule has 2 heterocycles. The van der Waals surface area contributed by atoms with E-state index in [0.717, 1.165) is 24.6 Å². The molecule has 28 heavy (non-hydrogen) atoms. The Hall–Kier alpha value is -2.04. The molecule has 2 aromatic rings. The Morgan fingerprint density at radius 2 is 1.11 bits per heavy atom. The second-order valence-electron chi connectivity index (χ2n) is 8.43.